The number of hydrogen-bond acceptors (Lipinski definition) is 3. The molecule has 0 radical (unpaired) electrons. The summed E-state index contributed by atoms with van der Waals surface area (Å²) in [6.07, 6.45) is 9.37. The van der Waals surface area contributed by atoms with Gasteiger partial charge in [0.2, 0.25) is 0 Å². The lowest BCUT2D eigenvalue weighted by Crippen LogP contribution is -2.11. The zero-order valence-corrected chi connectivity index (χ0v) is 10.9. The molecule has 1 fully saturated rings. The summed E-state index contributed by atoms with van der Waals surface area (Å²) in [7, 11) is 1.97. The Balaban J connectivity index is 1.73. The highest BCUT2D eigenvalue weighted by Gasteiger charge is 2.14. The molecule has 1 saturated heterocycles. The first-order valence-corrected chi connectivity index (χ1v) is 6.61. The highest BCUT2D eigenvalue weighted by Crippen LogP contribution is 2.17. The second-order valence-corrected chi connectivity index (χ2v) is 4.82. The van der Waals surface area contributed by atoms with Crippen molar-refractivity contribution in [3.8, 4) is 0 Å². The summed E-state index contributed by atoms with van der Waals surface area (Å²) in [5.41, 5.74) is 1.25. The van der Waals surface area contributed by atoms with Crippen LogP contribution in [-0.4, -0.2) is 29.5 Å². The average Bonchev–Trinajstić information content (AvgIpc) is 2.99. The van der Waals surface area contributed by atoms with E-state index in [0.29, 0.717) is 12.1 Å². The van der Waals surface area contributed by atoms with Crippen molar-refractivity contribution in [2.24, 2.45) is 0 Å². The van der Waals surface area contributed by atoms with E-state index in [4.69, 9.17) is 4.74 Å². The molecular weight excluding hydrogens is 214 g/mol. The van der Waals surface area contributed by atoms with Gasteiger partial charge in [0.15, 0.2) is 0 Å². The van der Waals surface area contributed by atoms with E-state index in [1.165, 1.54) is 18.4 Å². The molecular formula is C13H23N3O. The Kier molecular flexibility index (Phi) is 4.57. The Bertz CT molecular complexity index is 331. The van der Waals surface area contributed by atoms with Gasteiger partial charge in [-0.3, -0.25) is 4.68 Å². The molecule has 96 valence electrons. The van der Waals surface area contributed by atoms with Crippen LogP contribution in [0.25, 0.3) is 0 Å². The van der Waals surface area contributed by atoms with Crippen LogP contribution in [0.5, 0.6) is 0 Å². The van der Waals surface area contributed by atoms with Crippen LogP contribution >= 0.6 is 0 Å². The van der Waals surface area contributed by atoms with Crippen LogP contribution in [0.2, 0.25) is 0 Å². The lowest BCUT2D eigenvalue weighted by molar-refractivity contribution is 0.101. The van der Waals surface area contributed by atoms with Gasteiger partial charge in [-0.15, -0.1) is 0 Å². The second-order valence-electron chi connectivity index (χ2n) is 4.82. The van der Waals surface area contributed by atoms with Crippen molar-refractivity contribution >= 4 is 0 Å². The summed E-state index contributed by atoms with van der Waals surface area (Å²) in [6, 6.07) is 0.377. The molecule has 0 aliphatic carbocycles. The molecule has 1 aliphatic rings. The fourth-order valence-electron chi connectivity index (χ4n) is 2.25. The minimum Gasteiger partial charge on any atom is -0.378 e. The van der Waals surface area contributed by atoms with Gasteiger partial charge < -0.3 is 10.1 Å². The Morgan fingerprint density at radius 2 is 2.53 bits per heavy atom. The Morgan fingerprint density at radius 1 is 1.65 bits per heavy atom. The number of nitrogens with zero attached hydrogens (tertiary/aromatic N) is 2. The van der Waals surface area contributed by atoms with Crippen LogP contribution in [0.15, 0.2) is 12.4 Å². The molecule has 0 spiro atoms. The number of hydrogen-bond donors (Lipinski definition) is 1. The molecule has 17 heavy (non-hydrogen) atoms. The summed E-state index contributed by atoms with van der Waals surface area (Å²) in [5, 5.41) is 7.61. The highest BCUT2D eigenvalue weighted by atomic mass is 16.5. The first-order chi connectivity index (χ1) is 8.29. The zero-order valence-electron chi connectivity index (χ0n) is 10.9. The molecule has 1 aromatic heterocycles. The van der Waals surface area contributed by atoms with E-state index in [9.17, 15) is 0 Å². The van der Waals surface area contributed by atoms with E-state index in [0.717, 1.165) is 26.0 Å². The molecule has 0 bridgehead atoms. The smallest absolute Gasteiger partial charge is 0.0576 e. The van der Waals surface area contributed by atoms with Gasteiger partial charge in [-0.05, 0) is 39.7 Å². The Labute approximate surface area is 103 Å². The molecule has 0 aromatic carbocycles. The average molecular weight is 237 g/mol. The molecule has 2 atom stereocenters. The third kappa shape index (κ3) is 3.54. The van der Waals surface area contributed by atoms with E-state index < -0.39 is 0 Å². The molecule has 4 nitrogen and oxygen atoms in total. The van der Waals surface area contributed by atoms with Gasteiger partial charge in [0.25, 0.3) is 0 Å². The maximum absolute atomic E-state index is 5.61. The van der Waals surface area contributed by atoms with Crippen molar-refractivity contribution in [3.05, 3.63) is 18.0 Å². The maximum atomic E-state index is 5.61. The summed E-state index contributed by atoms with van der Waals surface area (Å²) in [4.78, 5) is 0. The van der Waals surface area contributed by atoms with Gasteiger partial charge in [0, 0.05) is 31.0 Å². The van der Waals surface area contributed by atoms with E-state index >= 15 is 0 Å². The van der Waals surface area contributed by atoms with Gasteiger partial charge in [-0.2, -0.15) is 5.10 Å². The molecule has 0 saturated carbocycles. The highest BCUT2D eigenvalue weighted by molar-refractivity contribution is 5.08. The van der Waals surface area contributed by atoms with Crippen molar-refractivity contribution in [2.45, 2.75) is 51.3 Å². The van der Waals surface area contributed by atoms with Crippen molar-refractivity contribution in [1.29, 1.82) is 0 Å². The topological polar surface area (TPSA) is 39.1 Å². The standard InChI is InChI=1S/C13H23N3O/c1-11(14-2)12-9-15-16(10-12)7-3-5-13-6-4-8-17-13/h9-11,13-14H,3-8H2,1-2H3. The van der Waals surface area contributed by atoms with E-state index in [1.807, 2.05) is 17.9 Å². The van der Waals surface area contributed by atoms with Crippen molar-refractivity contribution in [1.82, 2.24) is 15.1 Å². The largest absolute Gasteiger partial charge is 0.378 e. The minimum atomic E-state index is 0.377. The molecule has 0 amide bonds. The number of nitrogens with one attached hydrogen (secondary N) is 1. The fourth-order valence-corrected chi connectivity index (χ4v) is 2.25. The monoisotopic (exact) mass is 237 g/mol. The normalized spacial score (nSPS) is 21.9. The van der Waals surface area contributed by atoms with Crippen LogP contribution in [0, 0.1) is 0 Å². The number of aromatic nitrogens is 2. The molecule has 2 unspecified atom stereocenters. The minimum absolute atomic E-state index is 0.377. The summed E-state index contributed by atoms with van der Waals surface area (Å²) >= 11 is 0. The zero-order chi connectivity index (χ0) is 12.1. The second kappa shape index (κ2) is 6.17. The quantitative estimate of drug-likeness (QED) is 0.823. The number of aryl methyl sites for hydroxylation is 1. The predicted molar refractivity (Wildman–Crippen MR) is 67.9 cm³/mol. The van der Waals surface area contributed by atoms with E-state index in [-0.39, 0.29) is 0 Å². The molecule has 1 aliphatic heterocycles. The van der Waals surface area contributed by atoms with E-state index in [1.54, 1.807) is 0 Å². The lowest BCUT2D eigenvalue weighted by Gasteiger charge is -2.09. The first-order valence-electron chi connectivity index (χ1n) is 6.61. The molecule has 2 rings (SSSR count). The van der Waals surface area contributed by atoms with Crippen molar-refractivity contribution < 1.29 is 4.74 Å². The first kappa shape index (κ1) is 12.6. The van der Waals surface area contributed by atoms with Crippen molar-refractivity contribution in [2.75, 3.05) is 13.7 Å². The predicted octanol–water partition coefficient (Wildman–Crippen LogP) is 2.12. The van der Waals surface area contributed by atoms with Gasteiger partial charge in [0.1, 0.15) is 0 Å². The SMILES string of the molecule is CNC(C)c1cnn(CCCC2CCCO2)c1. The molecule has 1 aromatic rings. The Hall–Kier alpha value is -0.870. The van der Waals surface area contributed by atoms with Gasteiger partial charge in [-0.1, -0.05) is 0 Å². The third-order valence-electron chi connectivity index (χ3n) is 3.52. The van der Waals surface area contributed by atoms with Gasteiger partial charge in [0.05, 0.1) is 12.3 Å². The number of ether oxygens (including phenoxy) is 1. The van der Waals surface area contributed by atoms with Gasteiger partial charge >= 0.3 is 0 Å². The number of rotatable bonds is 6. The van der Waals surface area contributed by atoms with Crippen LogP contribution < -0.4 is 5.32 Å². The fraction of sp³-hybridized carbons (Fsp3) is 0.769. The molecule has 2 heterocycles. The van der Waals surface area contributed by atoms with Crippen LogP contribution in [0.4, 0.5) is 0 Å². The van der Waals surface area contributed by atoms with Gasteiger partial charge in [-0.25, -0.2) is 0 Å². The van der Waals surface area contributed by atoms with Crippen LogP contribution in [0.1, 0.15) is 44.2 Å². The molecule has 4 heteroatoms. The Morgan fingerprint density at radius 3 is 3.24 bits per heavy atom. The summed E-state index contributed by atoms with van der Waals surface area (Å²) < 4.78 is 7.65. The lowest BCUT2D eigenvalue weighted by atomic mass is 10.1. The summed E-state index contributed by atoms with van der Waals surface area (Å²) in [5.74, 6) is 0. The van der Waals surface area contributed by atoms with Crippen LogP contribution in [-0.2, 0) is 11.3 Å². The third-order valence-corrected chi connectivity index (χ3v) is 3.52. The summed E-state index contributed by atoms with van der Waals surface area (Å²) in [6.45, 7) is 4.10. The van der Waals surface area contributed by atoms with E-state index in [2.05, 4.69) is 23.5 Å². The van der Waals surface area contributed by atoms with Crippen molar-refractivity contribution in [3.63, 3.8) is 0 Å². The maximum Gasteiger partial charge on any atom is 0.0576 e. The molecule has 1 N–H and O–H groups in total. The van der Waals surface area contributed by atoms with Crippen LogP contribution in [0.3, 0.4) is 0 Å².